The van der Waals surface area contributed by atoms with Crippen LogP contribution >= 0.6 is 0 Å². The van der Waals surface area contributed by atoms with E-state index in [0.717, 1.165) is 4.48 Å². The van der Waals surface area contributed by atoms with Gasteiger partial charge in [-0.2, -0.15) is 0 Å². The van der Waals surface area contributed by atoms with Crippen LogP contribution < -0.4 is 0 Å². The molecule has 0 fully saturated rings. The normalized spacial score (nSPS) is 11.5. The van der Waals surface area contributed by atoms with E-state index in [4.69, 9.17) is 0 Å². The number of quaternary nitrogens is 1. The fourth-order valence-corrected chi connectivity index (χ4v) is 3.13. The van der Waals surface area contributed by atoms with Crippen LogP contribution in [0.25, 0.3) is 0 Å². The Labute approximate surface area is 147 Å². The maximum absolute atomic E-state index is 2.30. The molecule has 2 nitrogen and oxygen atoms in total. The predicted octanol–water partition coefficient (Wildman–Crippen LogP) is 6.13. The molecular formula is C21H48NO+. The van der Waals surface area contributed by atoms with E-state index in [1.54, 1.807) is 0 Å². The molecule has 0 saturated heterocycles. The topological polar surface area (TPSA) is 31.5 Å². The molecule has 0 aromatic heterocycles. The first kappa shape index (κ1) is 25.2. The molecule has 0 radical (unpaired) electrons. The fraction of sp³-hybridized carbons (Fsp3) is 1.00. The van der Waals surface area contributed by atoms with Gasteiger partial charge in [0.05, 0.1) is 27.7 Å². The first-order valence-electron chi connectivity index (χ1n) is 10.4. The molecule has 0 spiro atoms. The van der Waals surface area contributed by atoms with Crippen molar-refractivity contribution in [1.29, 1.82) is 0 Å². The van der Waals surface area contributed by atoms with Crippen molar-refractivity contribution in [1.82, 2.24) is 0 Å². The van der Waals surface area contributed by atoms with Crippen molar-refractivity contribution in [3.63, 3.8) is 0 Å². The average Bonchev–Trinajstić information content (AvgIpc) is 2.45. The van der Waals surface area contributed by atoms with Crippen molar-refractivity contribution < 1.29 is 9.96 Å². The van der Waals surface area contributed by atoms with Gasteiger partial charge in [-0.25, -0.2) is 0 Å². The minimum Gasteiger partial charge on any atom is -0.412 e. The number of unbranched alkanes of at least 4 members (excludes halogenated alkanes) is 15. The smallest absolute Gasteiger partial charge is 0.0780 e. The van der Waals surface area contributed by atoms with Crippen LogP contribution in [0.4, 0.5) is 0 Å². The van der Waals surface area contributed by atoms with Crippen LogP contribution in [0.5, 0.6) is 0 Å². The highest BCUT2D eigenvalue weighted by Crippen LogP contribution is 2.13. The van der Waals surface area contributed by atoms with Crippen molar-refractivity contribution in [3.05, 3.63) is 0 Å². The summed E-state index contributed by atoms with van der Waals surface area (Å²) >= 11 is 0. The molecule has 2 heteroatoms. The first-order chi connectivity index (χ1) is 10.6. The third kappa shape index (κ3) is 24.3. The quantitative estimate of drug-likeness (QED) is 0.227. The van der Waals surface area contributed by atoms with Gasteiger partial charge in [-0.05, 0) is 12.8 Å². The summed E-state index contributed by atoms with van der Waals surface area (Å²) < 4.78 is 1.12. The molecule has 0 bridgehead atoms. The zero-order chi connectivity index (χ0) is 16.5. The van der Waals surface area contributed by atoms with E-state index in [9.17, 15) is 0 Å². The Bertz CT molecular complexity index is 210. The Balaban J connectivity index is 0. The highest BCUT2D eigenvalue weighted by atomic mass is 16.0. The van der Waals surface area contributed by atoms with Crippen molar-refractivity contribution in [3.8, 4) is 0 Å². The summed E-state index contributed by atoms with van der Waals surface area (Å²) in [7, 11) is 6.89. The van der Waals surface area contributed by atoms with Gasteiger partial charge in [0.25, 0.3) is 0 Å². The first-order valence-corrected chi connectivity index (χ1v) is 10.4. The average molecular weight is 331 g/mol. The van der Waals surface area contributed by atoms with Crippen molar-refractivity contribution in [2.45, 2.75) is 110 Å². The monoisotopic (exact) mass is 330 g/mol. The van der Waals surface area contributed by atoms with Gasteiger partial charge < -0.3 is 9.96 Å². The van der Waals surface area contributed by atoms with E-state index in [2.05, 4.69) is 28.1 Å². The zero-order valence-electron chi connectivity index (χ0n) is 17.0. The van der Waals surface area contributed by atoms with E-state index in [1.165, 1.54) is 109 Å². The van der Waals surface area contributed by atoms with Gasteiger partial charge in [0.2, 0.25) is 0 Å². The SMILES string of the molecule is CCCCCCCCCCCCCCCCCC[N+](C)(C)C.O. The van der Waals surface area contributed by atoms with Crippen molar-refractivity contribution >= 4 is 0 Å². The summed E-state index contributed by atoms with van der Waals surface area (Å²) in [6, 6.07) is 0. The number of hydrogen-bond acceptors (Lipinski definition) is 0. The minimum absolute atomic E-state index is 0. The molecule has 0 aliphatic heterocycles. The van der Waals surface area contributed by atoms with Crippen LogP contribution in [-0.4, -0.2) is 37.6 Å². The second-order valence-corrected chi connectivity index (χ2v) is 8.32. The maximum Gasteiger partial charge on any atom is 0.0780 e. The molecule has 0 aliphatic carbocycles. The van der Waals surface area contributed by atoms with Gasteiger partial charge >= 0.3 is 0 Å². The Kier molecular flexibility index (Phi) is 20.0. The van der Waals surface area contributed by atoms with Crippen LogP contribution in [0.1, 0.15) is 110 Å². The lowest BCUT2D eigenvalue weighted by Gasteiger charge is -2.23. The zero-order valence-corrected chi connectivity index (χ0v) is 17.0. The largest absolute Gasteiger partial charge is 0.412 e. The van der Waals surface area contributed by atoms with Crippen LogP contribution in [-0.2, 0) is 0 Å². The third-order valence-corrected chi connectivity index (χ3v) is 4.68. The third-order valence-electron chi connectivity index (χ3n) is 4.68. The van der Waals surface area contributed by atoms with Crippen LogP contribution in [0.3, 0.4) is 0 Å². The molecule has 2 N–H and O–H groups in total. The van der Waals surface area contributed by atoms with E-state index < -0.39 is 0 Å². The molecule has 0 atom stereocenters. The van der Waals surface area contributed by atoms with Gasteiger partial charge in [0.15, 0.2) is 0 Å². The lowest BCUT2D eigenvalue weighted by Crippen LogP contribution is -2.35. The van der Waals surface area contributed by atoms with Gasteiger partial charge in [-0.15, -0.1) is 0 Å². The van der Waals surface area contributed by atoms with Crippen LogP contribution in [0.15, 0.2) is 0 Å². The number of nitrogens with zero attached hydrogens (tertiary/aromatic N) is 1. The van der Waals surface area contributed by atoms with Crippen molar-refractivity contribution in [2.75, 3.05) is 27.7 Å². The molecule has 0 saturated carbocycles. The van der Waals surface area contributed by atoms with E-state index >= 15 is 0 Å². The summed E-state index contributed by atoms with van der Waals surface area (Å²) in [5.74, 6) is 0. The molecule has 142 valence electrons. The van der Waals surface area contributed by atoms with Gasteiger partial charge in [-0.3, -0.25) is 0 Å². The van der Waals surface area contributed by atoms with Gasteiger partial charge in [-0.1, -0.05) is 96.8 Å². The lowest BCUT2D eigenvalue weighted by atomic mass is 10.0. The van der Waals surface area contributed by atoms with Crippen molar-refractivity contribution in [2.24, 2.45) is 0 Å². The number of hydrogen-bond donors (Lipinski definition) is 0. The van der Waals surface area contributed by atoms with Crippen LogP contribution in [0, 0.1) is 0 Å². The minimum atomic E-state index is 0. The Morgan fingerprint density at radius 3 is 0.957 bits per heavy atom. The second kappa shape index (κ2) is 18.3. The fourth-order valence-electron chi connectivity index (χ4n) is 3.13. The second-order valence-electron chi connectivity index (χ2n) is 8.32. The summed E-state index contributed by atoms with van der Waals surface area (Å²) in [5.41, 5.74) is 0. The number of rotatable bonds is 17. The predicted molar refractivity (Wildman–Crippen MR) is 106 cm³/mol. The van der Waals surface area contributed by atoms with E-state index in [-0.39, 0.29) is 5.48 Å². The molecule has 0 aromatic carbocycles. The molecule has 23 heavy (non-hydrogen) atoms. The summed E-state index contributed by atoms with van der Waals surface area (Å²) in [4.78, 5) is 0. The molecule has 0 amide bonds. The van der Waals surface area contributed by atoms with Gasteiger partial charge in [0, 0.05) is 0 Å². The maximum atomic E-state index is 2.30. The molecule has 0 aliphatic rings. The Morgan fingerprint density at radius 2 is 0.696 bits per heavy atom. The standard InChI is InChI=1S/C21H46N.H2O/c1-5-6-7-8-9-10-11-12-13-14-15-16-17-18-19-20-21-22(2,3)4;/h5-21H2,1-4H3;1H2/q+1;. The molecular weight excluding hydrogens is 282 g/mol. The van der Waals surface area contributed by atoms with Crippen LogP contribution in [0.2, 0.25) is 0 Å². The summed E-state index contributed by atoms with van der Waals surface area (Å²) in [6.07, 6.45) is 23.4. The van der Waals surface area contributed by atoms with Gasteiger partial charge in [0.1, 0.15) is 0 Å². The van der Waals surface area contributed by atoms with E-state index in [1.807, 2.05) is 0 Å². The molecule has 0 unspecified atom stereocenters. The van der Waals surface area contributed by atoms with E-state index in [0.29, 0.717) is 0 Å². The lowest BCUT2D eigenvalue weighted by molar-refractivity contribution is -0.870. The molecule has 0 heterocycles. The summed E-state index contributed by atoms with van der Waals surface area (Å²) in [6.45, 7) is 3.63. The molecule has 0 aromatic rings. The highest BCUT2D eigenvalue weighted by molar-refractivity contribution is 4.49. The molecule has 0 rings (SSSR count). The Hall–Kier alpha value is -0.0800. The summed E-state index contributed by atoms with van der Waals surface area (Å²) in [5, 5.41) is 0. The Morgan fingerprint density at radius 1 is 0.435 bits per heavy atom. The highest BCUT2D eigenvalue weighted by Gasteiger charge is 2.04.